The number of halogens is 1. The van der Waals surface area contributed by atoms with Crippen molar-refractivity contribution < 1.29 is 22.7 Å². The molecule has 0 atom stereocenters. The van der Waals surface area contributed by atoms with E-state index in [4.69, 9.17) is 16.3 Å². The third kappa shape index (κ3) is 4.20. The van der Waals surface area contributed by atoms with Crippen molar-refractivity contribution in [2.24, 2.45) is 0 Å². The number of nitrogens with zero attached hydrogens (tertiary/aromatic N) is 1. The molecule has 0 radical (unpaired) electrons. The van der Waals surface area contributed by atoms with E-state index >= 15 is 0 Å². The van der Waals surface area contributed by atoms with E-state index in [0.29, 0.717) is 26.2 Å². The first-order chi connectivity index (χ1) is 14.3. The maximum Gasteiger partial charge on any atom is 0.268 e. The van der Waals surface area contributed by atoms with Crippen molar-refractivity contribution in [1.82, 2.24) is 9.62 Å². The van der Waals surface area contributed by atoms with E-state index in [1.165, 1.54) is 7.11 Å². The van der Waals surface area contributed by atoms with Gasteiger partial charge in [-0.25, -0.2) is 12.7 Å². The van der Waals surface area contributed by atoms with Gasteiger partial charge in [0, 0.05) is 17.1 Å². The van der Waals surface area contributed by atoms with Gasteiger partial charge in [0.15, 0.2) is 0 Å². The second-order valence-electron chi connectivity index (χ2n) is 6.57. The molecule has 0 saturated heterocycles. The molecule has 2 aromatic rings. The Morgan fingerprint density at radius 1 is 1.13 bits per heavy atom. The molecule has 9 heteroatoms. The first-order valence-electron chi connectivity index (χ1n) is 9.24. The number of carbonyl (C=O) groups is 2. The third-order valence-electron chi connectivity index (χ3n) is 4.73. The minimum absolute atomic E-state index is 0.0726. The van der Waals surface area contributed by atoms with Gasteiger partial charge in [-0.15, -0.1) is 0 Å². The highest BCUT2D eigenvalue weighted by atomic mass is 35.5. The molecule has 3 rings (SSSR count). The highest BCUT2D eigenvalue weighted by molar-refractivity contribution is 7.99. The van der Waals surface area contributed by atoms with Gasteiger partial charge in [0.2, 0.25) is 5.91 Å². The fourth-order valence-corrected chi connectivity index (χ4v) is 5.19. The average Bonchev–Trinajstić information content (AvgIpc) is 2.93. The van der Waals surface area contributed by atoms with Crippen LogP contribution in [0.25, 0.3) is 4.91 Å². The van der Waals surface area contributed by atoms with Gasteiger partial charge in [-0.3, -0.25) is 9.59 Å². The molecule has 2 amide bonds. The van der Waals surface area contributed by atoms with Crippen LogP contribution < -0.4 is 10.1 Å². The van der Waals surface area contributed by atoms with Crippen LogP contribution in [0, 0.1) is 0 Å². The number of methoxy groups -OCH3 is 1. The number of rotatable bonds is 7. The van der Waals surface area contributed by atoms with Gasteiger partial charge in [0.25, 0.3) is 15.9 Å². The summed E-state index contributed by atoms with van der Waals surface area (Å²) in [5.41, 5.74) is 1.22. The lowest BCUT2D eigenvalue weighted by atomic mass is 10.1. The number of hydrogen-bond acceptors (Lipinski definition) is 5. The molecule has 0 aromatic heterocycles. The van der Waals surface area contributed by atoms with Gasteiger partial charge < -0.3 is 10.1 Å². The Hall–Kier alpha value is -2.84. The van der Waals surface area contributed by atoms with Crippen molar-refractivity contribution in [2.45, 2.75) is 19.9 Å². The molecular weight excluding hydrogens is 428 g/mol. The number of hydrogen-bond donors (Lipinski definition) is 1. The number of sulfonamides is 1. The van der Waals surface area contributed by atoms with Crippen LogP contribution in [0.3, 0.4) is 0 Å². The van der Waals surface area contributed by atoms with Crippen molar-refractivity contribution in [3.63, 3.8) is 0 Å². The number of carbonyl (C=O) groups excluding carboxylic acids is 2. The molecule has 1 N–H and O–H groups in total. The highest BCUT2D eigenvalue weighted by Gasteiger charge is 2.44. The quantitative estimate of drug-likeness (QED) is 0.703. The van der Waals surface area contributed by atoms with E-state index in [1.807, 2.05) is 0 Å². The number of amides is 2. The summed E-state index contributed by atoms with van der Waals surface area (Å²) in [6, 6.07) is 13.4. The Kier molecular flexibility index (Phi) is 6.48. The van der Waals surface area contributed by atoms with Gasteiger partial charge in [-0.2, -0.15) is 0 Å². The van der Waals surface area contributed by atoms with Gasteiger partial charge in [-0.1, -0.05) is 36.7 Å². The van der Waals surface area contributed by atoms with Crippen molar-refractivity contribution in [1.29, 1.82) is 0 Å². The van der Waals surface area contributed by atoms with Crippen LogP contribution in [0.5, 0.6) is 5.75 Å². The van der Waals surface area contributed by atoms with E-state index in [-0.39, 0.29) is 23.4 Å². The van der Waals surface area contributed by atoms with Crippen molar-refractivity contribution in [3.8, 4) is 5.75 Å². The Labute approximate surface area is 180 Å². The maximum absolute atomic E-state index is 13.1. The molecule has 0 fully saturated rings. The van der Waals surface area contributed by atoms with Crippen LogP contribution in [0.2, 0.25) is 5.02 Å². The van der Waals surface area contributed by atoms with Crippen molar-refractivity contribution in [2.75, 3.05) is 13.7 Å². The lowest BCUT2D eigenvalue weighted by molar-refractivity contribution is -0.128. The zero-order valence-corrected chi connectivity index (χ0v) is 18.1. The molecular formula is C21H21ClN2O5S. The lowest BCUT2D eigenvalue weighted by Gasteiger charge is -2.17. The predicted molar refractivity (Wildman–Crippen MR) is 114 cm³/mol. The monoisotopic (exact) mass is 448 g/mol. The minimum Gasteiger partial charge on any atom is -0.497 e. The Bertz CT molecular complexity index is 1110. The topological polar surface area (TPSA) is 92.8 Å². The molecule has 0 unspecified atom stereocenters. The Morgan fingerprint density at radius 2 is 1.80 bits per heavy atom. The summed E-state index contributed by atoms with van der Waals surface area (Å²) >= 11 is 6.07. The second-order valence-corrected chi connectivity index (χ2v) is 8.78. The Morgan fingerprint density at radius 3 is 2.40 bits per heavy atom. The standard InChI is InChI=1S/C21H21ClN2O5S/c1-3-17-20(14-8-10-16(29-2)11-9-14)30(27,28)24(21(17)26)13-19(25)23-12-15-6-4-5-7-18(15)22/h4-11H,3,12-13H2,1-2H3,(H,23,25). The van der Waals surface area contributed by atoms with Crippen LogP contribution >= 0.6 is 11.6 Å². The zero-order chi connectivity index (χ0) is 21.9. The molecule has 0 saturated carbocycles. The number of nitrogens with one attached hydrogen (secondary N) is 1. The summed E-state index contributed by atoms with van der Waals surface area (Å²) in [4.78, 5) is 25.1. The molecule has 1 aliphatic rings. The van der Waals surface area contributed by atoms with Gasteiger partial charge in [0.05, 0.1) is 7.11 Å². The highest BCUT2D eigenvalue weighted by Crippen LogP contribution is 2.37. The van der Waals surface area contributed by atoms with E-state index in [1.54, 1.807) is 55.5 Å². The summed E-state index contributed by atoms with van der Waals surface area (Å²) in [7, 11) is -2.66. The molecule has 0 spiro atoms. The van der Waals surface area contributed by atoms with Crippen LogP contribution in [0.4, 0.5) is 0 Å². The summed E-state index contributed by atoms with van der Waals surface area (Å²) in [5, 5.41) is 3.10. The smallest absolute Gasteiger partial charge is 0.268 e. The van der Waals surface area contributed by atoms with Gasteiger partial charge >= 0.3 is 0 Å². The second kappa shape index (κ2) is 8.89. The van der Waals surface area contributed by atoms with Crippen molar-refractivity contribution >= 4 is 38.3 Å². The van der Waals surface area contributed by atoms with E-state index in [0.717, 1.165) is 0 Å². The van der Waals surface area contributed by atoms with Crippen LogP contribution in [-0.4, -0.2) is 38.2 Å². The minimum atomic E-state index is -4.16. The van der Waals surface area contributed by atoms with Gasteiger partial charge in [0.1, 0.15) is 17.2 Å². The molecule has 0 bridgehead atoms. The Balaban J connectivity index is 1.80. The number of benzene rings is 2. The van der Waals surface area contributed by atoms with Gasteiger partial charge in [-0.05, 0) is 47.9 Å². The molecule has 1 heterocycles. The van der Waals surface area contributed by atoms with E-state index < -0.39 is 28.4 Å². The zero-order valence-electron chi connectivity index (χ0n) is 16.5. The molecule has 2 aromatic carbocycles. The van der Waals surface area contributed by atoms with Crippen LogP contribution in [0.1, 0.15) is 24.5 Å². The number of ether oxygens (including phenoxy) is 1. The lowest BCUT2D eigenvalue weighted by Crippen LogP contribution is -2.41. The predicted octanol–water partition coefficient (Wildman–Crippen LogP) is 2.96. The summed E-state index contributed by atoms with van der Waals surface area (Å²) in [6.45, 7) is 1.22. The first-order valence-corrected chi connectivity index (χ1v) is 11.1. The van der Waals surface area contributed by atoms with E-state index in [2.05, 4.69) is 5.32 Å². The van der Waals surface area contributed by atoms with E-state index in [9.17, 15) is 18.0 Å². The fraction of sp³-hybridized carbons (Fsp3) is 0.238. The fourth-order valence-electron chi connectivity index (χ4n) is 3.18. The molecule has 1 aliphatic heterocycles. The summed E-state index contributed by atoms with van der Waals surface area (Å²) in [6.07, 6.45) is 0.219. The van der Waals surface area contributed by atoms with Crippen LogP contribution in [-0.2, 0) is 26.2 Å². The summed E-state index contributed by atoms with van der Waals surface area (Å²) < 4.78 is 31.9. The largest absolute Gasteiger partial charge is 0.497 e. The first kappa shape index (κ1) is 21.9. The van der Waals surface area contributed by atoms with Crippen molar-refractivity contribution in [3.05, 3.63) is 70.3 Å². The normalized spacial score (nSPS) is 15.4. The third-order valence-corrected chi connectivity index (χ3v) is 6.98. The molecule has 30 heavy (non-hydrogen) atoms. The molecule has 7 nitrogen and oxygen atoms in total. The van der Waals surface area contributed by atoms with Crippen LogP contribution in [0.15, 0.2) is 54.1 Å². The maximum atomic E-state index is 13.1. The molecule has 0 aliphatic carbocycles. The average molecular weight is 449 g/mol. The summed E-state index contributed by atoms with van der Waals surface area (Å²) in [5.74, 6) is -0.718. The SMILES string of the molecule is CCC1=C(c2ccc(OC)cc2)S(=O)(=O)N(CC(=O)NCc2ccccc2Cl)C1=O. The molecule has 158 valence electrons.